The third-order valence-corrected chi connectivity index (χ3v) is 2.25. The zero-order valence-electron chi connectivity index (χ0n) is 8.65. The summed E-state index contributed by atoms with van der Waals surface area (Å²) in [4.78, 5) is 36.7. The van der Waals surface area contributed by atoms with Crippen molar-refractivity contribution in [2.24, 2.45) is 0 Å². The predicted molar refractivity (Wildman–Crippen MR) is 51.5 cm³/mol. The number of amides is 2. The Morgan fingerprint density at radius 1 is 1.19 bits per heavy atom. The average Bonchev–Trinajstić information content (AvgIpc) is 2.59. The quantitative estimate of drug-likeness (QED) is 0.501. The second kappa shape index (κ2) is 5.99. The molecule has 0 fully saturated rings. The number of carbonyl (C=O) groups is 3. The lowest BCUT2D eigenvalue weighted by atomic mass is 10.2. The van der Waals surface area contributed by atoms with E-state index in [0.29, 0.717) is 25.8 Å². The molecule has 6 heteroatoms. The molecule has 0 saturated heterocycles. The van der Waals surface area contributed by atoms with Crippen molar-refractivity contribution in [1.29, 1.82) is 0 Å². The molecule has 0 aromatic carbocycles. The van der Waals surface area contributed by atoms with E-state index in [9.17, 15) is 18.9 Å². The lowest BCUT2D eigenvalue weighted by Crippen LogP contribution is -2.30. The van der Waals surface area contributed by atoms with E-state index >= 15 is 0 Å². The molecule has 0 atom stereocenters. The van der Waals surface area contributed by atoms with Crippen LogP contribution in [0.3, 0.4) is 0 Å². The van der Waals surface area contributed by atoms with Gasteiger partial charge in [0, 0.05) is 29.6 Å². The largest absolute Gasteiger partial charge is 0.348 e. The monoisotopic (exact) mass is 229 g/mol. The van der Waals surface area contributed by atoms with E-state index in [2.05, 4.69) is 4.94 Å². The van der Waals surface area contributed by atoms with Crippen LogP contribution in [-0.4, -0.2) is 29.2 Å². The van der Waals surface area contributed by atoms with Crippen LogP contribution in [0.1, 0.15) is 25.7 Å². The van der Waals surface area contributed by atoms with Crippen LogP contribution in [0, 0.1) is 0 Å². The first kappa shape index (κ1) is 12.4. The fourth-order valence-electron chi connectivity index (χ4n) is 1.41. The zero-order chi connectivity index (χ0) is 12.0. The van der Waals surface area contributed by atoms with Crippen LogP contribution in [-0.2, 0) is 19.3 Å². The van der Waals surface area contributed by atoms with Crippen LogP contribution in [0.25, 0.3) is 0 Å². The molecular weight excluding hydrogens is 217 g/mol. The van der Waals surface area contributed by atoms with Gasteiger partial charge in [-0.15, -0.1) is 0 Å². The van der Waals surface area contributed by atoms with E-state index in [1.807, 2.05) is 0 Å². The van der Waals surface area contributed by atoms with E-state index in [4.69, 9.17) is 0 Å². The standard InChI is InChI=1S/C10H12FNO4/c11-16-10(15)4-2-1-3-7-12-8(13)5-6-9(12)14/h5-6H,1-4,7H2. The Labute approximate surface area is 91.8 Å². The third-order valence-electron chi connectivity index (χ3n) is 2.25. The van der Waals surface area contributed by atoms with Gasteiger partial charge in [0.05, 0.1) is 0 Å². The molecule has 2 amide bonds. The SMILES string of the molecule is O=C(CCCCCN1C(=O)C=CC1=O)OF. The van der Waals surface area contributed by atoms with Gasteiger partial charge in [-0.05, 0) is 12.8 Å². The van der Waals surface area contributed by atoms with E-state index in [-0.39, 0.29) is 18.2 Å². The van der Waals surface area contributed by atoms with Crippen LogP contribution >= 0.6 is 0 Å². The van der Waals surface area contributed by atoms with Crippen molar-refractivity contribution in [3.63, 3.8) is 0 Å². The maximum absolute atomic E-state index is 11.3. The summed E-state index contributed by atoms with van der Waals surface area (Å²) >= 11 is 0. The van der Waals surface area contributed by atoms with Crippen LogP contribution in [0.4, 0.5) is 4.53 Å². The zero-order valence-corrected chi connectivity index (χ0v) is 8.65. The third kappa shape index (κ3) is 3.45. The minimum absolute atomic E-state index is 0.0106. The molecule has 88 valence electrons. The summed E-state index contributed by atoms with van der Waals surface area (Å²) in [6.45, 7) is 0.329. The highest BCUT2D eigenvalue weighted by molar-refractivity contribution is 6.12. The number of unbranched alkanes of at least 4 members (excludes halogenated alkanes) is 2. The Bertz CT molecular complexity index is 309. The molecule has 0 saturated carbocycles. The second-order valence-electron chi connectivity index (χ2n) is 3.42. The summed E-state index contributed by atoms with van der Waals surface area (Å²) in [6, 6.07) is 0. The molecule has 1 heterocycles. The summed E-state index contributed by atoms with van der Waals surface area (Å²) in [6.07, 6.45) is 4.17. The normalized spacial score (nSPS) is 14.7. The molecule has 0 aromatic rings. The summed E-state index contributed by atoms with van der Waals surface area (Å²) in [5.41, 5.74) is 0. The summed E-state index contributed by atoms with van der Waals surface area (Å²) in [7, 11) is 0. The van der Waals surface area contributed by atoms with E-state index < -0.39 is 5.97 Å². The van der Waals surface area contributed by atoms with Crippen molar-refractivity contribution in [3.05, 3.63) is 12.2 Å². The van der Waals surface area contributed by atoms with Gasteiger partial charge in [0.25, 0.3) is 11.8 Å². The molecule has 0 aromatic heterocycles. The van der Waals surface area contributed by atoms with Crippen LogP contribution in [0.2, 0.25) is 0 Å². The molecule has 1 rings (SSSR count). The first-order valence-corrected chi connectivity index (χ1v) is 5.00. The van der Waals surface area contributed by atoms with Gasteiger partial charge < -0.3 is 0 Å². The number of hydrogen-bond acceptors (Lipinski definition) is 4. The minimum Gasteiger partial charge on any atom is -0.275 e. The van der Waals surface area contributed by atoms with Gasteiger partial charge in [-0.25, -0.2) is 4.79 Å². The second-order valence-corrected chi connectivity index (χ2v) is 3.42. The Balaban J connectivity index is 2.10. The molecule has 0 unspecified atom stereocenters. The van der Waals surface area contributed by atoms with Gasteiger partial charge in [0.15, 0.2) is 0 Å². The van der Waals surface area contributed by atoms with Gasteiger partial charge in [0.2, 0.25) is 0 Å². The van der Waals surface area contributed by atoms with Gasteiger partial charge in [-0.3, -0.25) is 19.4 Å². The maximum Gasteiger partial charge on any atom is 0.348 e. The summed E-state index contributed by atoms with van der Waals surface area (Å²) in [5.74, 6) is -1.52. The van der Waals surface area contributed by atoms with Crippen LogP contribution in [0.15, 0.2) is 12.2 Å². The van der Waals surface area contributed by atoms with Crippen molar-refractivity contribution in [3.8, 4) is 0 Å². The molecule has 5 nitrogen and oxygen atoms in total. The van der Waals surface area contributed by atoms with Crippen molar-refractivity contribution in [2.45, 2.75) is 25.7 Å². The summed E-state index contributed by atoms with van der Waals surface area (Å²) < 4.78 is 11.3. The van der Waals surface area contributed by atoms with Gasteiger partial charge >= 0.3 is 5.97 Å². The number of rotatable bonds is 6. The molecule has 0 radical (unpaired) electrons. The molecule has 0 N–H and O–H groups in total. The molecule has 1 aliphatic heterocycles. The molecule has 0 spiro atoms. The van der Waals surface area contributed by atoms with Gasteiger partial charge in [0.1, 0.15) is 0 Å². The first-order valence-electron chi connectivity index (χ1n) is 5.00. The topological polar surface area (TPSA) is 63.7 Å². The first-order chi connectivity index (χ1) is 7.65. The minimum atomic E-state index is -0.894. The fraction of sp³-hybridized carbons (Fsp3) is 0.500. The molecule has 1 aliphatic rings. The number of hydrogen-bond donors (Lipinski definition) is 0. The number of halogens is 1. The van der Waals surface area contributed by atoms with Crippen molar-refractivity contribution in [2.75, 3.05) is 6.54 Å². The van der Waals surface area contributed by atoms with Gasteiger partial charge in [-0.1, -0.05) is 6.42 Å². The highest BCUT2D eigenvalue weighted by Gasteiger charge is 2.22. The maximum atomic E-state index is 11.3. The highest BCUT2D eigenvalue weighted by atomic mass is 19.3. The molecule has 16 heavy (non-hydrogen) atoms. The van der Waals surface area contributed by atoms with Crippen LogP contribution in [0.5, 0.6) is 0 Å². The number of carbonyl (C=O) groups excluding carboxylic acids is 3. The summed E-state index contributed by atoms with van der Waals surface area (Å²) in [5, 5.41) is 0. The van der Waals surface area contributed by atoms with E-state index in [1.165, 1.54) is 12.2 Å². The number of imide groups is 1. The molecule has 0 aliphatic carbocycles. The van der Waals surface area contributed by atoms with E-state index in [1.54, 1.807) is 0 Å². The number of nitrogens with zero attached hydrogens (tertiary/aromatic N) is 1. The Kier molecular flexibility index (Phi) is 4.63. The van der Waals surface area contributed by atoms with Crippen molar-refractivity contribution >= 4 is 17.8 Å². The molecular formula is C10H12FNO4. The van der Waals surface area contributed by atoms with Crippen molar-refractivity contribution in [1.82, 2.24) is 4.90 Å². The Morgan fingerprint density at radius 2 is 1.81 bits per heavy atom. The van der Waals surface area contributed by atoms with E-state index in [0.717, 1.165) is 4.90 Å². The highest BCUT2D eigenvalue weighted by Crippen LogP contribution is 2.07. The Morgan fingerprint density at radius 3 is 2.38 bits per heavy atom. The van der Waals surface area contributed by atoms with Crippen molar-refractivity contribution < 1.29 is 23.9 Å². The van der Waals surface area contributed by atoms with Gasteiger partial charge in [-0.2, -0.15) is 0 Å². The van der Waals surface area contributed by atoms with Crippen LogP contribution < -0.4 is 0 Å². The molecule has 0 bridgehead atoms. The lowest BCUT2D eigenvalue weighted by Gasteiger charge is -2.12. The fourth-order valence-corrected chi connectivity index (χ4v) is 1.41. The average molecular weight is 229 g/mol. The lowest BCUT2D eigenvalue weighted by molar-refractivity contribution is -0.183. The smallest absolute Gasteiger partial charge is 0.275 e. The predicted octanol–water partition coefficient (Wildman–Crippen LogP) is 0.900. The Hall–Kier alpha value is -1.72.